The normalized spacial score (nSPS) is 24.1. The van der Waals surface area contributed by atoms with E-state index in [2.05, 4.69) is 34.8 Å². The number of hydrogen-bond donors (Lipinski definition) is 1. The monoisotopic (exact) mass is 297 g/mol. The molecule has 1 aliphatic rings. The minimum Gasteiger partial charge on any atom is -0.393 e. The van der Waals surface area contributed by atoms with Gasteiger partial charge < -0.3 is 10.0 Å². The van der Waals surface area contributed by atoms with Crippen LogP contribution < -0.4 is 4.90 Å². The summed E-state index contributed by atoms with van der Waals surface area (Å²) in [5.74, 6) is 1.15. The van der Waals surface area contributed by atoms with Gasteiger partial charge in [-0.1, -0.05) is 6.92 Å². The van der Waals surface area contributed by atoms with E-state index < -0.39 is 0 Å². The highest BCUT2D eigenvalue weighted by molar-refractivity contribution is 7.18. The van der Waals surface area contributed by atoms with Gasteiger partial charge in [0.2, 0.25) is 5.28 Å². The van der Waals surface area contributed by atoms with Crippen LogP contribution in [0.2, 0.25) is 5.28 Å². The maximum Gasteiger partial charge on any atom is 0.225 e. The van der Waals surface area contributed by atoms with Crippen LogP contribution in [0, 0.1) is 12.8 Å². The molecule has 0 aliphatic carbocycles. The van der Waals surface area contributed by atoms with E-state index in [4.69, 9.17) is 11.6 Å². The lowest BCUT2D eigenvalue weighted by Crippen LogP contribution is -2.42. The quantitative estimate of drug-likeness (QED) is 0.822. The standard InChI is InChI=1S/C13H16ClN3OS/c1-7-6-17(4-3-10(7)18)11-9-5-8(2)19-12(9)16-13(14)15-11/h5,7,10,18H,3-4,6H2,1-2H3. The molecule has 1 N–H and O–H groups in total. The fourth-order valence-corrected chi connectivity index (χ4v) is 3.66. The van der Waals surface area contributed by atoms with Crippen molar-refractivity contribution >= 4 is 39.0 Å². The molecule has 0 aromatic carbocycles. The fraction of sp³-hybridized carbons (Fsp3) is 0.538. The van der Waals surface area contributed by atoms with E-state index in [0.29, 0.717) is 5.28 Å². The Morgan fingerprint density at radius 1 is 1.47 bits per heavy atom. The second kappa shape index (κ2) is 4.89. The van der Waals surface area contributed by atoms with Gasteiger partial charge in [0.05, 0.1) is 11.5 Å². The average Bonchev–Trinajstić information content (AvgIpc) is 2.72. The van der Waals surface area contributed by atoms with Crippen molar-refractivity contribution in [1.82, 2.24) is 9.97 Å². The van der Waals surface area contributed by atoms with Crippen molar-refractivity contribution in [3.05, 3.63) is 16.2 Å². The van der Waals surface area contributed by atoms with Crippen molar-refractivity contribution < 1.29 is 5.11 Å². The van der Waals surface area contributed by atoms with Crippen LogP contribution in [0.3, 0.4) is 0 Å². The molecule has 4 nitrogen and oxygen atoms in total. The molecule has 102 valence electrons. The highest BCUT2D eigenvalue weighted by atomic mass is 35.5. The molecule has 2 atom stereocenters. The SMILES string of the molecule is Cc1cc2c(N3CCC(O)C(C)C3)nc(Cl)nc2s1. The molecule has 3 heterocycles. The van der Waals surface area contributed by atoms with E-state index in [0.717, 1.165) is 35.5 Å². The van der Waals surface area contributed by atoms with Crippen molar-refractivity contribution in [2.45, 2.75) is 26.4 Å². The number of thiophene rings is 1. The van der Waals surface area contributed by atoms with Crippen LogP contribution >= 0.6 is 22.9 Å². The van der Waals surface area contributed by atoms with E-state index in [1.54, 1.807) is 11.3 Å². The summed E-state index contributed by atoms with van der Waals surface area (Å²) in [5, 5.41) is 11.2. The lowest BCUT2D eigenvalue weighted by atomic mass is 9.97. The van der Waals surface area contributed by atoms with Crippen molar-refractivity contribution in [2.24, 2.45) is 5.92 Å². The molecule has 0 amide bonds. The second-order valence-electron chi connectivity index (χ2n) is 5.17. The molecule has 2 unspecified atom stereocenters. The summed E-state index contributed by atoms with van der Waals surface area (Å²) >= 11 is 7.66. The third-order valence-corrected chi connectivity index (χ3v) is 4.74. The van der Waals surface area contributed by atoms with Gasteiger partial charge in [-0.2, -0.15) is 4.98 Å². The predicted octanol–water partition coefficient (Wildman–Crippen LogP) is 2.86. The molecule has 1 aliphatic heterocycles. The maximum absolute atomic E-state index is 9.83. The molecule has 0 radical (unpaired) electrons. The Kier molecular flexibility index (Phi) is 3.37. The van der Waals surface area contributed by atoms with Crippen LogP contribution in [-0.2, 0) is 0 Å². The molecule has 2 aromatic rings. The van der Waals surface area contributed by atoms with Crippen LogP contribution in [0.15, 0.2) is 6.07 Å². The number of hydrogen-bond acceptors (Lipinski definition) is 5. The minimum absolute atomic E-state index is 0.215. The molecular formula is C13H16ClN3OS. The molecular weight excluding hydrogens is 282 g/mol. The first kappa shape index (κ1) is 13.1. The maximum atomic E-state index is 9.83. The van der Waals surface area contributed by atoms with Crippen molar-refractivity contribution in [3.8, 4) is 0 Å². The number of aromatic nitrogens is 2. The van der Waals surface area contributed by atoms with E-state index >= 15 is 0 Å². The Hall–Kier alpha value is -0.910. The fourth-order valence-electron chi connectivity index (χ4n) is 2.57. The summed E-state index contributed by atoms with van der Waals surface area (Å²) in [7, 11) is 0. The number of nitrogens with zero attached hydrogens (tertiary/aromatic N) is 3. The Morgan fingerprint density at radius 2 is 2.26 bits per heavy atom. The van der Waals surface area contributed by atoms with Crippen molar-refractivity contribution in [1.29, 1.82) is 0 Å². The van der Waals surface area contributed by atoms with Gasteiger partial charge in [0.15, 0.2) is 0 Å². The topological polar surface area (TPSA) is 49.2 Å². The second-order valence-corrected chi connectivity index (χ2v) is 6.74. The predicted molar refractivity (Wildman–Crippen MR) is 79.2 cm³/mol. The molecule has 19 heavy (non-hydrogen) atoms. The zero-order valence-corrected chi connectivity index (χ0v) is 12.5. The number of aliphatic hydroxyl groups excluding tert-OH is 1. The van der Waals surface area contributed by atoms with Crippen LogP contribution in [0.5, 0.6) is 0 Å². The summed E-state index contributed by atoms with van der Waals surface area (Å²) in [4.78, 5) is 13.0. The Labute approximate surface area is 121 Å². The van der Waals surface area contributed by atoms with E-state index in [9.17, 15) is 5.11 Å². The third kappa shape index (κ3) is 2.42. The lowest BCUT2D eigenvalue weighted by molar-refractivity contribution is 0.0969. The number of halogens is 1. The summed E-state index contributed by atoms with van der Waals surface area (Å²) in [6, 6.07) is 2.11. The van der Waals surface area contributed by atoms with Crippen molar-refractivity contribution in [2.75, 3.05) is 18.0 Å². The number of aliphatic hydroxyl groups is 1. The van der Waals surface area contributed by atoms with Crippen LogP contribution in [0.25, 0.3) is 10.2 Å². The number of rotatable bonds is 1. The van der Waals surface area contributed by atoms with Crippen molar-refractivity contribution in [3.63, 3.8) is 0 Å². The zero-order chi connectivity index (χ0) is 13.6. The van der Waals surface area contributed by atoms with Gasteiger partial charge in [0.1, 0.15) is 10.6 Å². The van der Waals surface area contributed by atoms with Crippen LogP contribution in [0.1, 0.15) is 18.2 Å². The van der Waals surface area contributed by atoms with Gasteiger partial charge in [0, 0.05) is 18.0 Å². The molecule has 2 aromatic heterocycles. The first-order valence-corrected chi connectivity index (χ1v) is 7.60. The Morgan fingerprint density at radius 3 is 3.00 bits per heavy atom. The van der Waals surface area contributed by atoms with Crippen LogP contribution in [0.4, 0.5) is 5.82 Å². The molecule has 0 bridgehead atoms. The summed E-state index contributed by atoms with van der Waals surface area (Å²) < 4.78 is 0. The van der Waals surface area contributed by atoms with Gasteiger partial charge in [-0.3, -0.25) is 0 Å². The average molecular weight is 298 g/mol. The van der Waals surface area contributed by atoms with E-state index in [1.165, 1.54) is 4.88 Å². The number of aryl methyl sites for hydroxylation is 1. The first-order chi connectivity index (χ1) is 9.04. The highest BCUT2D eigenvalue weighted by Crippen LogP contribution is 2.33. The summed E-state index contributed by atoms with van der Waals surface area (Å²) in [6.07, 6.45) is 0.557. The van der Waals surface area contributed by atoms with Gasteiger partial charge in [0.25, 0.3) is 0 Å². The molecule has 1 fully saturated rings. The van der Waals surface area contributed by atoms with Gasteiger partial charge in [-0.15, -0.1) is 11.3 Å². The van der Waals surface area contributed by atoms with Gasteiger partial charge in [-0.05, 0) is 36.9 Å². The molecule has 0 spiro atoms. The lowest BCUT2D eigenvalue weighted by Gasteiger charge is -2.35. The van der Waals surface area contributed by atoms with E-state index in [-0.39, 0.29) is 12.0 Å². The third-order valence-electron chi connectivity index (χ3n) is 3.63. The smallest absolute Gasteiger partial charge is 0.225 e. The Bertz CT molecular complexity index is 615. The zero-order valence-electron chi connectivity index (χ0n) is 10.9. The number of anilines is 1. The Balaban J connectivity index is 2.04. The highest BCUT2D eigenvalue weighted by Gasteiger charge is 2.26. The molecule has 0 saturated carbocycles. The largest absolute Gasteiger partial charge is 0.393 e. The molecule has 6 heteroatoms. The van der Waals surface area contributed by atoms with Gasteiger partial charge >= 0.3 is 0 Å². The molecule has 3 rings (SSSR count). The molecule has 1 saturated heterocycles. The van der Waals surface area contributed by atoms with Gasteiger partial charge in [-0.25, -0.2) is 4.98 Å². The van der Waals surface area contributed by atoms with E-state index in [1.807, 2.05) is 0 Å². The summed E-state index contributed by atoms with van der Waals surface area (Å²) in [6.45, 7) is 5.74. The minimum atomic E-state index is -0.215. The number of piperidine rings is 1. The van der Waals surface area contributed by atoms with Crippen LogP contribution in [-0.4, -0.2) is 34.3 Å². The summed E-state index contributed by atoms with van der Waals surface area (Å²) in [5.41, 5.74) is 0. The number of fused-ring (bicyclic) bond motifs is 1. The first-order valence-electron chi connectivity index (χ1n) is 6.41.